The molecule has 0 radical (unpaired) electrons. The number of benzene rings is 1. The Morgan fingerprint density at radius 2 is 2.31 bits per heavy atom. The predicted octanol–water partition coefficient (Wildman–Crippen LogP) is 4.85. The molecule has 1 aromatic heterocycles. The largest absolute Gasteiger partial charge is 0.494 e. The lowest BCUT2D eigenvalue weighted by molar-refractivity contribution is -0.116. The van der Waals surface area contributed by atoms with Gasteiger partial charge in [-0.05, 0) is 61.8 Å². The molecule has 0 saturated carbocycles. The number of carbonyl (C=O) groups is 1. The summed E-state index contributed by atoms with van der Waals surface area (Å²) in [7, 11) is 0. The number of nitriles is 1. The van der Waals surface area contributed by atoms with Gasteiger partial charge in [-0.25, -0.2) is 0 Å². The lowest BCUT2D eigenvalue weighted by atomic mass is 9.89. The average molecular weight is 369 g/mol. The highest BCUT2D eigenvalue weighted by Gasteiger charge is 2.24. The van der Waals surface area contributed by atoms with E-state index in [0.717, 1.165) is 41.1 Å². The third-order valence-electron chi connectivity index (χ3n) is 4.68. The molecule has 1 amide bonds. The molecular formula is C21H24N2O2S. The quantitative estimate of drug-likeness (QED) is 0.741. The number of carbonyl (C=O) groups excluding carboxylic acids is 1. The maximum Gasteiger partial charge on any atom is 0.225 e. The van der Waals surface area contributed by atoms with Crippen LogP contribution in [0.5, 0.6) is 5.75 Å². The monoisotopic (exact) mass is 368 g/mol. The molecule has 5 heteroatoms. The Morgan fingerprint density at radius 1 is 1.46 bits per heavy atom. The van der Waals surface area contributed by atoms with Gasteiger partial charge in [-0.1, -0.05) is 19.1 Å². The molecule has 1 N–H and O–H groups in total. The molecule has 4 nitrogen and oxygen atoms in total. The lowest BCUT2D eigenvalue weighted by Crippen LogP contribution is -2.13. The van der Waals surface area contributed by atoms with E-state index >= 15 is 0 Å². The van der Waals surface area contributed by atoms with Crippen LogP contribution < -0.4 is 10.1 Å². The predicted molar refractivity (Wildman–Crippen MR) is 105 cm³/mol. The van der Waals surface area contributed by atoms with Crippen molar-refractivity contribution in [2.45, 2.75) is 46.0 Å². The van der Waals surface area contributed by atoms with E-state index in [1.165, 1.54) is 4.88 Å². The number of anilines is 1. The van der Waals surface area contributed by atoms with Gasteiger partial charge in [0.2, 0.25) is 5.91 Å². The van der Waals surface area contributed by atoms with Crippen LogP contribution in [0, 0.1) is 24.2 Å². The van der Waals surface area contributed by atoms with E-state index in [4.69, 9.17) is 4.74 Å². The highest BCUT2D eigenvalue weighted by atomic mass is 32.1. The number of thiophene rings is 1. The van der Waals surface area contributed by atoms with E-state index in [1.807, 2.05) is 31.2 Å². The first-order valence-electron chi connectivity index (χ1n) is 9.10. The molecule has 1 aromatic carbocycles. The normalized spacial score (nSPS) is 15.8. The summed E-state index contributed by atoms with van der Waals surface area (Å²) in [6.07, 6.45) is 4.09. The average Bonchev–Trinajstić information content (AvgIpc) is 2.94. The van der Waals surface area contributed by atoms with E-state index in [2.05, 4.69) is 18.3 Å². The number of amides is 1. The molecule has 0 fully saturated rings. The fraction of sp³-hybridized carbons (Fsp3) is 0.429. The Kier molecular flexibility index (Phi) is 5.95. The zero-order chi connectivity index (χ0) is 18.5. The Hall–Kier alpha value is -2.32. The standard InChI is InChI=1S/C21H24N2O2S/c1-14-5-3-6-16(11-14)25-10-4-7-20(24)23-21-18(13-22)17-9-8-15(2)12-19(17)26-21/h3,5-6,11,15H,4,7-10,12H2,1-2H3,(H,23,24). The number of hydrogen-bond acceptors (Lipinski definition) is 4. The smallest absolute Gasteiger partial charge is 0.225 e. The first-order valence-corrected chi connectivity index (χ1v) is 9.92. The summed E-state index contributed by atoms with van der Waals surface area (Å²) in [5, 5.41) is 13.2. The van der Waals surface area contributed by atoms with Crippen molar-refractivity contribution in [1.29, 1.82) is 5.26 Å². The van der Waals surface area contributed by atoms with Crippen molar-refractivity contribution >= 4 is 22.2 Å². The number of fused-ring (bicyclic) bond motifs is 1. The first-order chi connectivity index (χ1) is 12.6. The first kappa shape index (κ1) is 18.5. The highest BCUT2D eigenvalue weighted by molar-refractivity contribution is 7.16. The van der Waals surface area contributed by atoms with E-state index in [0.29, 0.717) is 30.9 Å². The van der Waals surface area contributed by atoms with Gasteiger partial charge < -0.3 is 10.1 Å². The SMILES string of the molecule is Cc1cccc(OCCCC(=O)Nc2sc3c(c2C#N)CCC(C)C3)c1. The third-order valence-corrected chi connectivity index (χ3v) is 5.85. The molecule has 2 aromatic rings. The van der Waals surface area contributed by atoms with Gasteiger partial charge in [0, 0.05) is 11.3 Å². The summed E-state index contributed by atoms with van der Waals surface area (Å²) in [4.78, 5) is 13.5. The number of hydrogen-bond donors (Lipinski definition) is 1. The van der Waals surface area contributed by atoms with Crippen LogP contribution in [0.15, 0.2) is 24.3 Å². The van der Waals surface area contributed by atoms with Gasteiger partial charge in [0.05, 0.1) is 12.2 Å². The van der Waals surface area contributed by atoms with E-state index in [1.54, 1.807) is 11.3 Å². The molecule has 3 rings (SSSR count). The topological polar surface area (TPSA) is 62.1 Å². The summed E-state index contributed by atoms with van der Waals surface area (Å²) < 4.78 is 5.68. The molecule has 1 unspecified atom stereocenters. The zero-order valence-corrected chi connectivity index (χ0v) is 16.1. The van der Waals surface area contributed by atoms with E-state index in [9.17, 15) is 10.1 Å². The number of aryl methyl sites for hydroxylation is 1. The van der Waals surface area contributed by atoms with Gasteiger partial charge in [-0.3, -0.25) is 4.79 Å². The van der Waals surface area contributed by atoms with Gasteiger partial charge in [-0.15, -0.1) is 11.3 Å². The molecule has 1 heterocycles. The van der Waals surface area contributed by atoms with Crippen molar-refractivity contribution in [2.24, 2.45) is 5.92 Å². The fourth-order valence-electron chi connectivity index (χ4n) is 3.27. The molecule has 1 aliphatic carbocycles. The molecule has 0 spiro atoms. The molecular weight excluding hydrogens is 344 g/mol. The van der Waals surface area contributed by atoms with Crippen LogP contribution in [0.1, 0.15) is 47.8 Å². The second-order valence-electron chi connectivity index (χ2n) is 6.98. The van der Waals surface area contributed by atoms with E-state index in [-0.39, 0.29) is 5.91 Å². The van der Waals surface area contributed by atoms with Gasteiger partial charge in [0.15, 0.2) is 0 Å². The summed E-state index contributed by atoms with van der Waals surface area (Å²) in [6, 6.07) is 10.2. The number of nitrogens with zero attached hydrogens (tertiary/aromatic N) is 1. The Morgan fingerprint density at radius 3 is 3.08 bits per heavy atom. The summed E-state index contributed by atoms with van der Waals surface area (Å²) in [5.74, 6) is 1.42. The highest BCUT2D eigenvalue weighted by Crippen LogP contribution is 2.39. The minimum absolute atomic E-state index is 0.0546. The van der Waals surface area contributed by atoms with Crippen LogP contribution in [0.3, 0.4) is 0 Å². The van der Waals surface area contributed by atoms with Crippen LogP contribution >= 0.6 is 11.3 Å². The van der Waals surface area contributed by atoms with Gasteiger partial charge in [-0.2, -0.15) is 5.26 Å². The second-order valence-corrected chi connectivity index (χ2v) is 8.09. The van der Waals surface area contributed by atoms with Crippen LogP contribution in [-0.2, 0) is 17.6 Å². The summed E-state index contributed by atoms with van der Waals surface area (Å²) in [5.41, 5.74) is 2.97. The number of ether oxygens (including phenoxy) is 1. The van der Waals surface area contributed by atoms with Crippen molar-refractivity contribution in [1.82, 2.24) is 0 Å². The fourth-order valence-corrected chi connectivity index (χ4v) is 4.65. The van der Waals surface area contributed by atoms with Crippen molar-refractivity contribution in [3.05, 3.63) is 45.8 Å². The van der Waals surface area contributed by atoms with Crippen LogP contribution in [-0.4, -0.2) is 12.5 Å². The van der Waals surface area contributed by atoms with Crippen molar-refractivity contribution in [2.75, 3.05) is 11.9 Å². The van der Waals surface area contributed by atoms with Crippen LogP contribution in [0.25, 0.3) is 0 Å². The Balaban J connectivity index is 1.51. The molecule has 136 valence electrons. The van der Waals surface area contributed by atoms with Crippen molar-refractivity contribution < 1.29 is 9.53 Å². The molecule has 0 aliphatic heterocycles. The maximum absolute atomic E-state index is 12.3. The Bertz CT molecular complexity index is 835. The maximum atomic E-state index is 12.3. The van der Waals surface area contributed by atoms with Gasteiger partial charge in [0.25, 0.3) is 0 Å². The molecule has 0 bridgehead atoms. The van der Waals surface area contributed by atoms with Gasteiger partial charge in [0.1, 0.15) is 16.8 Å². The second kappa shape index (κ2) is 8.37. The summed E-state index contributed by atoms with van der Waals surface area (Å²) >= 11 is 1.57. The van der Waals surface area contributed by atoms with E-state index < -0.39 is 0 Å². The molecule has 1 aliphatic rings. The Labute approximate surface area is 158 Å². The van der Waals surface area contributed by atoms with Crippen LogP contribution in [0.2, 0.25) is 0 Å². The van der Waals surface area contributed by atoms with Crippen LogP contribution in [0.4, 0.5) is 5.00 Å². The van der Waals surface area contributed by atoms with Crippen molar-refractivity contribution in [3.63, 3.8) is 0 Å². The van der Waals surface area contributed by atoms with Crippen molar-refractivity contribution in [3.8, 4) is 11.8 Å². The zero-order valence-electron chi connectivity index (χ0n) is 15.3. The third kappa shape index (κ3) is 4.44. The molecule has 1 atom stereocenters. The summed E-state index contributed by atoms with van der Waals surface area (Å²) in [6.45, 7) is 4.76. The van der Waals surface area contributed by atoms with Gasteiger partial charge >= 0.3 is 0 Å². The molecule has 0 saturated heterocycles. The minimum atomic E-state index is -0.0546. The number of nitrogens with one attached hydrogen (secondary N) is 1. The molecule has 26 heavy (non-hydrogen) atoms. The lowest BCUT2D eigenvalue weighted by Gasteiger charge is -2.17. The number of rotatable bonds is 6. The minimum Gasteiger partial charge on any atom is -0.494 e.